The van der Waals surface area contributed by atoms with Gasteiger partial charge in [-0.05, 0) is 30.7 Å². The quantitative estimate of drug-likeness (QED) is 0.811. The molecule has 2 heteroatoms. The summed E-state index contributed by atoms with van der Waals surface area (Å²) in [6.07, 6.45) is 7.28. The molecule has 0 aromatic heterocycles. The molecule has 0 radical (unpaired) electrons. The summed E-state index contributed by atoms with van der Waals surface area (Å²) in [5.74, 6) is 0.939. The van der Waals surface area contributed by atoms with Crippen LogP contribution in [0.1, 0.15) is 59.8 Å². The molecule has 0 aromatic carbocycles. The summed E-state index contributed by atoms with van der Waals surface area (Å²) in [4.78, 5) is 2.72. The first kappa shape index (κ1) is 14.3. The fourth-order valence-electron chi connectivity index (χ4n) is 3.89. The Hall–Kier alpha value is -0.0800. The highest BCUT2D eigenvalue weighted by Crippen LogP contribution is 2.31. The highest BCUT2D eigenvalue weighted by Gasteiger charge is 2.37. The minimum atomic E-state index is 0.389. The fraction of sp³-hybridized carbons (Fsp3) is 1.00. The van der Waals surface area contributed by atoms with Crippen molar-refractivity contribution in [3.8, 4) is 0 Å². The average molecular weight is 252 g/mol. The molecule has 1 aliphatic heterocycles. The second-order valence-electron chi connectivity index (χ2n) is 7.38. The highest BCUT2D eigenvalue weighted by atomic mass is 15.2. The highest BCUT2D eigenvalue weighted by molar-refractivity contribution is 4.94. The second kappa shape index (κ2) is 5.92. The Morgan fingerprint density at radius 3 is 2.33 bits per heavy atom. The molecular formula is C16H32N2. The molecule has 2 fully saturated rings. The van der Waals surface area contributed by atoms with Crippen molar-refractivity contribution >= 4 is 0 Å². The average Bonchev–Trinajstić information content (AvgIpc) is 2.38. The molecule has 1 N–H and O–H groups in total. The SMILES string of the molecule is CCN1CC(C2CCCCC2)NCC1C(C)(C)C. The van der Waals surface area contributed by atoms with Gasteiger partial charge in [-0.1, -0.05) is 47.0 Å². The lowest BCUT2D eigenvalue weighted by atomic mass is 9.79. The Labute approximate surface area is 114 Å². The van der Waals surface area contributed by atoms with Crippen LogP contribution < -0.4 is 5.32 Å². The van der Waals surface area contributed by atoms with E-state index in [4.69, 9.17) is 0 Å². The number of nitrogens with one attached hydrogen (secondary N) is 1. The van der Waals surface area contributed by atoms with Crippen LogP contribution in [0.3, 0.4) is 0 Å². The molecule has 1 saturated heterocycles. The third-order valence-corrected chi connectivity index (χ3v) is 5.07. The number of nitrogens with zero attached hydrogens (tertiary/aromatic N) is 1. The molecule has 1 heterocycles. The van der Waals surface area contributed by atoms with Crippen LogP contribution in [0.5, 0.6) is 0 Å². The number of hydrogen-bond donors (Lipinski definition) is 1. The van der Waals surface area contributed by atoms with Gasteiger partial charge in [0.1, 0.15) is 0 Å². The molecule has 1 aliphatic carbocycles. The largest absolute Gasteiger partial charge is 0.311 e. The van der Waals surface area contributed by atoms with Gasteiger partial charge in [-0.2, -0.15) is 0 Å². The molecule has 0 spiro atoms. The third-order valence-electron chi connectivity index (χ3n) is 5.07. The number of piperazine rings is 1. The van der Waals surface area contributed by atoms with E-state index in [0.717, 1.165) is 12.0 Å². The Bertz CT molecular complexity index is 250. The van der Waals surface area contributed by atoms with Gasteiger partial charge in [-0.3, -0.25) is 4.90 Å². The van der Waals surface area contributed by atoms with E-state index in [1.807, 2.05) is 0 Å². The van der Waals surface area contributed by atoms with E-state index in [0.29, 0.717) is 11.5 Å². The maximum absolute atomic E-state index is 3.87. The number of hydrogen-bond acceptors (Lipinski definition) is 2. The molecule has 0 amide bonds. The van der Waals surface area contributed by atoms with Crippen molar-refractivity contribution in [1.29, 1.82) is 0 Å². The van der Waals surface area contributed by atoms with E-state index in [2.05, 4.69) is 37.9 Å². The van der Waals surface area contributed by atoms with Gasteiger partial charge in [-0.15, -0.1) is 0 Å². The lowest BCUT2D eigenvalue weighted by Gasteiger charge is -2.48. The van der Waals surface area contributed by atoms with Crippen LogP contribution in [0.4, 0.5) is 0 Å². The normalized spacial score (nSPS) is 32.7. The fourth-order valence-corrected chi connectivity index (χ4v) is 3.89. The van der Waals surface area contributed by atoms with Gasteiger partial charge in [0.05, 0.1) is 0 Å². The number of likely N-dealkylation sites (N-methyl/N-ethyl adjacent to an activating group) is 1. The predicted molar refractivity (Wildman–Crippen MR) is 78.9 cm³/mol. The van der Waals surface area contributed by atoms with Crippen molar-refractivity contribution in [2.75, 3.05) is 19.6 Å². The van der Waals surface area contributed by atoms with Crippen LogP contribution in [0.2, 0.25) is 0 Å². The lowest BCUT2D eigenvalue weighted by molar-refractivity contribution is 0.0417. The summed E-state index contributed by atoms with van der Waals surface area (Å²) in [6, 6.07) is 1.45. The molecule has 0 bridgehead atoms. The Morgan fingerprint density at radius 2 is 1.78 bits per heavy atom. The summed E-state index contributed by atoms with van der Waals surface area (Å²) < 4.78 is 0. The first-order valence-corrected chi connectivity index (χ1v) is 7.99. The topological polar surface area (TPSA) is 15.3 Å². The second-order valence-corrected chi connectivity index (χ2v) is 7.38. The van der Waals surface area contributed by atoms with Crippen molar-refractivity contribution in [3.63, 3.8) is 0 Å². The zero-order valence-electron chi connectivity index (χ0n) is 12.8. The Morgan fingerprint density at radius 1 is 1.11 bits per heavy atom. The van der Waals surface area contributed by atoms with Gasteiger partial charge in [0.2, 0.25) is 0 Å². The minimum Gasteiger partial charge on any atom is -0.311 e. The first-order valence-electron chi connectivity index (χ1n) is 7.99. The van der Waals surface area contributed by atoms with E-state index < -0.39 is 0 Å². The first-order chi connectivity index (χ1) is 8.52. The molecule has 2 rings (SSSR count). The van der Waals surface area contributed by atoms with E-state index in [9.17, 15) is 0 Å². The van der Waals surface area contributed by atoms with E-state index in [1.54, 1.807) is 0 Å². The van der Waals surface area contributed by atoms with Gasteiger partial charge in [0, 0.05) is 25.2 Å². The van der Waals surface area contributed by atoms with Crippen molar-refractivity contribution < 1.29 is 0 Å². The van der Waals surface area contributed by atoms with Crippen LogP contribution in [0.25, 0.3) is 0 Å². The van der Waals surface area contributed by atoms with Gasteiger partial charge < -0.3 is 5.32 Å². The Kier molecular flexibility index (Phi) is 4.71. The smallest absolute Gasteiger partial charge is 0.0269 e. The van der Waals surface area contributed by atoms with Gasteiger partial charge in [-0.25, -0.2) is 0 Å². The van der Waals surface area contributed by atoms with Crippen molar-refractivity contribution in [1.82, 2.24) is 10.2 Å². The van der Waals surface area contributed by atoms with Gasteiger partial charge in [0.25, 0.3) is 0 Å². The monoisotopic (exact) mass is 252 g/mol. The maximum Gasteiger partial charge on any atom is 0.0269 e. The van der Waals surface area contributed by atoms with Gasteiger partial charge >= 0.3 is 0 Å². The van der Waals surface area contributed by atoms with Crippen LogP contribution in [0, 0.1) is 11.3 Å². The van der Waals surface area contributed by atoms with E-state index in [1.165, 1.54) is 51.7 Å². The van der Waals surface area contributed by atoms with Crippen molar-refractivity contribution in [2.24, 2.45) is 11.3 Å². The lowest BCUT2D eigenvalue weighted by Crippen LogP contribution is -2.62. The predicted octanol–water partition coefficient (Wildman–Crippen LogP) is 3.28. The summed E-state index contributed by atoms with van der Waals surface area (Å²) in [5.41, 5.74) is 0.389. The summed E-state index contributed by atoms with van der Waals surface area (Å²) >= 11 is 0. The Balaban J connectivity index is 1.95. The standard InChI is InChI=1S/C16H32N2/c1-5-18-12-14(13-9-7-6-8-10-13)17-11-15(18)16(2,3)4/h13-15,17H,5-12H2,1-4H3. The minimum absolute atomic E-state index is 0.389. The van der Waals surface area contributed by atoms with Crippen molar-refractivity contribution in [3.05, 3.63) is 0 Å². The molecule has 1 saturated carbocycles. The molecule has 2 aliphatic rings. The number of rotatable bonds is 2. The van der Waals surface area contributed by atoms with E-state index in [-0.39, 0.29) is 0 Å². The zero-order chi connectivity index (χ0) is 13.2. The molecule has 18 heavy (non-hydrogen) atoms. The summed E-state index contributed by atoms with van der Waals surface area (Å²) in [7, 11) is 0. The summed E-state index contributed by atoms with van der Waals surface area (Å²) in [5, 5.41) is 3.87. The zero-order valence-corrected chi connectivity index (χ0v) is 12.8. The van der Waals surface area contributed by atoms with Crippen LogP contribution in [-0.2, 0) is 0 Å². The van der Waals surface area contributed by atoms with Crippen LogP contribution in [0.15, 0.2) is 0 Å². The van der Waals surface area contributed by atoms with Crippen LogP contribution in [-0.4, -0.2) is 36.6 Å². The molecule has 106 valence electrons. The van der Waals surface area contributed by atoms with Crippen molar-refractivity contribution in [2.45, 2.75) is 71.9 Å². The van der Waals surface area contributed by atoms with E-state index >= 15 is 0 Å². The van der Waals surface area contributed by atoms with Gasteiger partial charge in [0.15, 0.2) is 0 Å². The molecule has 2 nitrogen and oxygen atoms in total. The van der Waals surface area contributed by atoms with Crippen LogP contribution >= 0.6 is 0 Å². The maximum atomic E-state index is 3.87. The molecule has 0 aromatic rings. The summed E-state index contributed by atoms with van der Waals surface area (Å²) in [6.45, 7) is 13.1. The molecule has 2 atom stereocenters. The molecular weight excluding hydrogens is 220 g/mol. The third kappa shape index (κ3) is 3.27. The molecule has 2 unspecified atom stereocenters.